The van der Waals surface area contributed by atoms with Gasteiger partial charge in [-0.2, -0.15) is 0 Å². The zero-order valence-electron chi connectivity index (χ0n) is 10.4. The molecule has 0 N–H and O–H groups in total. The molecule has 0 spiro atoms. The van der Waals surface area contributed by atoms with Gasteiger partial charge in [-0.15, -0.1) is 6.58 Å². The van der Waals surface area contributed by atoms with Gasteiger partial charge in [0, 0.05) is 25.5 Å². The van der Waals surface area contributed by atoms with Gasteiger partial charge in [0.05, 0.1) is 12.8 Å². The van der Waals surface area contributed by atoms with E-state index < -0.39 is 0 Å². The lowest BCUT2D eigenvalue weighted by molar-refractivity contribution is 0.0727. The Balaban J connectivity index is 2.16. The molecular weight excluding hydrogens is 228 g/mol. The van der Waals surface area contributed by atoms with E-state index in [-0.39, 0.29) is 5.91 Å². The van der Waals surface area contributed by atoms with Crippen LogP contribution in [0, 0.1) is 0 Å². The third kappa shape index (κ3) is 2.53. The van der Waals surface area contributed by atoms with E-state index in [1.54, 1.807) is 23.1 Å². The number of carbonyl (C=O) groups is 1. The summed E-state index contributed by atoms with van der Waals surface area (Å²) in [6.07, 6.45) is 5.17. The molecule has 4 nitrogen and oxygen atoms in total. The summed E-state index contributed by atoms with van der Waals surface area (Å²) in [4.78, 5) is 13.9. The van der Waals surface area contributed by atoms with Crippen LogP contribution in [0.1, 0.15) is 16.2 Å². The van der Waals surface area contributed by atoms with Crippen LogP contribution in [0.3, 0.4) is 0 Å². The molecule has 0 aromatic carbocycles. The summed E-state index contributed by atoms with van der Waals surface area (Å²) in [5.74, 6) is 0.229. The molecule has 0 radical (unpaired) electrons. The fraction of sp³-hybridized carbons (Fsp3) is 0.214. The Kier molecular flexibility index (Phi) is 3.67. The van der Waals surface area contributed by atoms with E-state index in [9.17, 15) is 4.79 Å². The van der Waals surface area contributed by atoms with E-state index in [1.165, 1.54) is 6.26 Å². The first-order chi connectivity index (χ1) is 8.72. The van der Waals surface area contributed by atoms with Gasteiger partial charge in [0.15, 0.2) is 5.76 Å². The Bertz CT molecular complexity index is 526. The predicted molar refractivity (Wildman–Crippen MR) is 69.1 cm³/mol. The molecule has 2 aromatic rings. The first-order valence-corrected chi connectivity index (χ1v) is 5.76. The summed E-state index contributed by atoms with van der Waals surface area (Å²) >= 11 is 0. The molecule has 0 fully saturated rings. The Morgan fingerprint density at radius 1 is 1.50 bits per heavy atom. The van der Waals surface area contributed by atoms with Gasteiger partial charge in [-0.1, -0.05) is 6.08 Å². The van der Waals surface area contributed by atoms with E-state index in [2.05, 4.69) is 6.58 Å². The lowest BCUT2D eigenvalue weighted by Crippen LogP contribution is -2.31. The minimum atomic E-state index is -0.124. The molecule has 2 aromatic heterocycles. The van der Waals surface area contributed by atoms with E-state index >= 15 is 0 Å². The van der Waals surface area contributed by atoms with Crippen molar-refractivity contribution in [2.24, 2.45) is 7.05 Å². The molecule has 0 aliphatic rings. The molecule has 94 valence electrons. The molecular formula is C14H16N2O2. The molecule has 0 saturated carbocycles. The number of carbonyl (C=O) groups excluding carboxylic acids is 1. The summed E-state index contributed by atoms with van der Waals surface area (Å²) in [5, 5.41) is 0. The third-order valence-corrected chi connectivity index (χ3v) is 2.77. The van der Waals surface area contributed by atoms with Crippen molar-refractivity contribution in [1.29, 1.82) is 0 Å². The van der Waals surface area contributed by atoms with Crippen molar-refractivity contribution in [1.82, 2.24) is 9.47 Å². The summed E-state index contributed by atoms with van der Waals surface area (Å²) in [7, 11) is 1.96. The van der Waals surface area contributed by atoms with Crippen LogP contribution in [0.25, 0.3) is 0 Å². The van der Waals surface area contributed by atoms with Gasteiger partial charge in [-0.05, 0) is 24.3 Å². The number of nitrogens with zero attached hydrogens (tertiary/aromatic N) is 2. The lowest BCUT2D eigenvalue weighted by atomic mass is 10.3. The van der Waals surface area contributed by atoms with Crippen molar-refractivity contribution in [3.63, 3.8) is 0 Å². The zero-order chi connectivity index (χ0) is 13.0. The number of aromatic nitrogens is 1. The maximum Gasteiger partial charge on any atom is 0.290 e. The first kappa shape index (κ1) is 12.2. The van der Waals surface area contributed by atoms with Gasteiger partial charge < -0.3 is 13.9 Å². The number of hydrogen-bond acceptors (Lipinski definition) is 2. The van der Waals surface area contributed by atoms with Crippen LogP contribution in [-0.4, -0.2) is 21.9 Å². The minimum absolute atomic E-state index is 0.124. The molecule has 4 heteroatoms. The Morgan fingerprint density at radius 2 is 2.33 bits per heavy atom. The van der Waals surface area contributed by atoms with Crippen LogP contribution in [0.15, 0.2) is 53.8 Å². The molecule has 2 rings (SSSR count). The van der Waals surface area contributed by atoms with E-state index in [0.29, 0.717) is 18.8 Å². The van der Waals surface area contributed by atoms with Crippen LogP contribution in [-0.2, 0) is 13.6 Å². The largest absolute Gasteiger partial charge is 0.459 e. The van der Waals surface area contributed by atoms with Gasteiger partial charge in [-0.3, -0.25) is 4.79 Å². The Labute approximate surface area is 106 Å². The van der Waals surface area contributed by atoms with Gasteiger partial charge in [0.2, 0.25) is 0 Å². The second kappa shape index (κ2) is 5.40. The van der Waals surface area contributed by atoms with Crippen molar-refractivity contribution in [2.75, 3.05) is 6.54 Å². The second-order valence-corrected chi connectivity index (χ2v) is 4.06. The van der Waals surface area contributed by atoms with E-state index in [0.717, 1.165) is 5.69 Å². The number of hydrogen-bond donors (Lipinski definition) is 0. The zero-order valence-corrected chi connectivity index (χ0v) is 10.4. The fourth-order valence-corrected chi connectivity index (χ4v) is 1.79. The van der Waals surface area contributed by atoms with Gasteiger partial charge >= 0.3 is 0 Å². The van der Waals surface area contributed by atoms with Crippen molar-refractivity contribution in [3.05, 3.63) is 60.8 Å². The maximum absolute atomic E-state index is 12.2. The Morgan fingerprint density at radius 3 is 2.89 bits per heavy atom. The molecule has 0 aliphatic carbocycles. The van der Waals surface area contributed by atoms with Crippen LogP contribution in [0.2, 0.25) is 0 Å². The van der Waals surface area contributed by atoms with Crippen molar-refractivity contribution < 1.29 is 9.21 Å². The van der Waals surface area contributed by atoms with Gasteiger partial charge in [0.25, 0.3) is 5.91 Å². The molecule has 18 heavy (non-hydrogen) atoms. The maximum atomic E-state index is 12.2. The van der Waals surface area contributed by atoms with E-state index in [1.807, 2.05) is 29.9 Å². The molecule has 0 atom stereocenters. The SMILES string of the molecule is C=CCN(Cc1cccn1C)C(=O)c1ccco1. The Hall–Kier alpha value is -2.23. The molecule has 1 amide bonds. The minimum Gasteiger partial charge on any atom is -0.459 e. The second-order valence-electron chi connectivity index (χ2n) is 4.06. The van der Waals surface area contributed by atoms with Crippen molar-refractivity contribution in [2.45, 2.75) is 6.54 Å². The lowest BCUT2D eigenvalue weighted by Gasteiger charge is -2.20. The summed E-state index contributed by atoms with van der Waals surface area (Å²) in [6, 6.07) is 7.33. The molecule has 0 unspecified atom stereocenters. The molecule has 0 saturated heterocycles. The predicted octanol–water partition coefficient (Wildman–Crippen LogP) is 2.45. The third-order valence-electron chi connectivity index (χ3n) is 2.77. The van der Waals surface area contributed by atoms with Crippen LogP contribution < -0.4 is 0 Å². The van der Waals surface area contributed by atoms with E-state index in [4.69, 9.17) is 4.42 Å². The number of aryl methyl sites for hydroxylation is 1. The average Bonchev–Trinajstić information content (AvgIpc) is 3.00. The summed E-state index contributed by atoms with van der Waals surface area (Å²) < 4.78 is 7.13. The van der Waals surface area contributed by atoms with Crippen molar-refractivity contribution in [3.8, 4) is 0 Å². The normalized spacial score (nSPS) is 10.3. The molecule has 0 aliphatic heterocycles. The van der Waals surface area contributed by atoms with Crippen LogP contribution >= 0.6 is 0 Å². The number of amides is 1. The van der Waals surface area contributed by atoms with Gasteiger partial charge in [0.1, 0.15) is 0 Å². The van der Waals surface area contributed by atoms with Gasteiger partial charge in [-0.25, -0.2) is 0 Å². The highest BCUT2D eigenvalue weighted by Crippen LogP contribution is 2.10. The highest BCUT2D eigenvalue weighted by molar-refractivity contribution is 5.91. The molecule has 2 heterocycles. The van der Waals surface area contributed by atoms with Crippen LogP contribution in [0.4, 0.5) is 0 Å². The standard InChI is InChI=1S/C14H16N2O2/c1-3-8-16(11-12-6-4-9-15(12)2)14(17)13-7-5-10-18-13/h3-7,9-10H,1,8,11H2,2H3. The average molecular weight is 244 g/mol. The highest BCUT2D eigenvalue weighted by atomic mass is 16.3. The smallest absolute Gasteiger partial charge is 0.290 e. The monoisotopic (exact) mass is 244 g/mol. The summed E-state index contributed by atoms with van der Waals surface area (Å²) in [5.41, 5.74) is 1.07. The first-order valence-electron chi connectivity index (χ1n) is 5.76. The quantitative estimate of drug-likeness (QED) is 0.758. The number of furan rings is 1. The number of rotatable bonds is 5. The molecule has 0 bridgehead atoms. The van der Waals surface area contributed by atoms with Crippen LogP contribution in [0.5, 0.6) is 0 Å². The topological polar surface area (TPSA) is 38.4 Å². The summed E-state index contributed by atoms with van der Waals surface area (Å²) in [6.45, 7) is 4.71. The fourth-order valence-electron chi connectivity index (χ4n) is 1.79. The highest BCUT2D eigenvalue weighted by Gasteiger charge is 2.18. The van der Waals surface area contributed by atoms with Crippen molar-refractivity contribution >= 4 is 5.91 Å².